The molecule has 1 aromatic carbocycles. The molecule has 1 unspecified atom stereocenters. The van der Waals surface area contributed by atoms with E-state index in [0.29, 0.717) is 11.1 Å². The highest BCUT2D eigenvalue weighted by atomic mass is 35.5. The Bertz CT molecular complexity index is 580. The molecular weight excluding hydrogens is 340 g/mol. The lowest BCUT2D eigenvalue weighted by Crippen LogP contribution is -2.52. The Morgan fingerprint density at radius 3 is 2.44 bits per heavy atom. The molecule has 25 heavy (non-hydrogen) atoms. The molecule has 6 nitrogen and oxygen atoms in total. The highest BCUT2D eigenvalue weighted by Crippen LogP contribution is 2.36. The maximum absolute atomic E-state index is 12.6. The predicted molar refractivity (Wildman–Crippen MR) is 101 cm³/mol. The molecule has 2 heterocycles. The fraction of sp³-hybridized carbons (Fsp3) is 0.556. The van der Waals surface area contributed by atoms with E-state index < -0.39 is 6.04 Å². The van der Waals surface area contributed by atoms with Crippen LogP contribution in [0.4, 0.5) is 10.5 Å². The Morgan fingerprint density at radius 2 is 1.84 bits per heavy atom. The minimum absolute atomic E-state index is 0. The van der Waals surface area contributed by atoms with Crippen LogP contribution in [0, 0.1) is 5.41 Å². The number of likely N-dealkylation sites (tertiary alicyclic amines) is 1. The number of urea groups is 1. The van der Waals surface area contributed by atoms with Gasteiger partial charge in [-0.25, -0.2) is 4.79 Å². The number of nitrogens with zero attached hydrogens (tertiary/aromatic N) is 1. The summed E-state index contributed by atoms with van der Waals surface area (Å²) in [5.74, 6) is -0.000909. The quantitative estimate of drug-likeness (QED) is 0.768. The highest BCUT2D eigenvalue weighted by Gasteiger charge is 2.38. The van der Waals surface area contributed by atoms with E-state index in [1.165, 1.54) is 6.42 Å². The molecule has 2 fully saturated rings. The number of rotatable bonds is 3. The average molecular weight is 367 g/mol. The molecule has 0 aromatic heterocycles. The van der Waals surface area contributed by atoms with E-state index >= 15 is 0 Å². The van der Waals surface area contributed by atoms with Gasteiger partial charge in [-0.2, -0.15) is 0 Å². The molecule has 1 aromatic rings. The number of piperidine rings is 1. The van der Waals surface area contributed by atoms with Gasteiger partial charge in [-0.1, -0.05) is 18.2 Å². The lowest BCUT2D eigenvalue weighted by Gasteiger charge is -2.39. The minimum Gasteiger partial charge on any atom is -0.341 e. The van der Waals surface area contributed by atoms with E-state index in [1.807, 2.05) is 35.2 Å². The first kappa shape index (κ1) is 19.5. The van der Waals surface area contributed by atoms with E-state index in [4.69, 9.17) is 0 Å². The summed E-state index contributed by atoms with van der Waals surface area (Å²) in [4.78, 5) is 26.5. The summed E-state index contributed by atoms with van der Waals surface area (Å²) in [6.07, 6.45) is 3.31. The molecule has 138 valence electrons. The Labute approximate surface area is 155 Å². The molecule has 0 aliphatic carbocycles. The SMILES string of the molecule is CC(NC(=O)Nc1ccccc1)C(=O)N1CCC2(CCNC2)CC1.Cl. The topological polar surface area (TPSA) is 73.5 Å². The second-order valence-corrected chi connectivity index (χ2v) is 6.94. The zero-order valence-corrected chi connectivity index (χ0v) is 15.4. The highest BCUT2D eigenvalue weighted by molar-refractivity contribution is 5.93. The normalized spacial score (nSPS) is 19.8. The third kappa shape index (κ3) is 4.86. The summed E-state index contributed by atoms with van der Waals surface area (Å²) in [7, 11) is 0. The molecule has 0 bridgehead atoms. The van der Waals surface area contributed by atoms with E-state index in [-0.39, 0.29) is 24.3 Å². The van der Waals surface area contributed by atoms with Crippen molar-refractivity contribution in [1.82, 2.24) is 15.5 Å². The summed E-state index contributed by atoms with van der Waals surface area (Å²) in [6.45, 7) is 5.47. The molecule has 7 heteroatoms. The first-order valence-electron chi connectivity index (χ1n) is 8.70. The van der Waals surface area contributed by atoms with Crippen molar-refractivity contribution in [3.63, 3.8) is 0 Å². The first-order chi connectivity index (χ1) is 11.6. The molecule has 2 aliphatic heterocycles. The second-order valence-electron chi connectivity index (χ2n) is 6.94. The number of carbonyl (C=O) groups is 2. The van der Waals surface area contributed by atoms with Gasteiger partial charge in [0, 0.05) is 25.3 Å². The lowest BCUT2D eigenvalue weighted by molar-refractivity contribution is -0.134. The third-order valence-electron chi connectivity index (χ3n) is 5.22. The number of hydrogen-bond acceptors (Lipinski definition) is 3. The standard InChI is InChI=1S/C18H26N4O2.ClH/c1-14(20-17(24)21-15-5-3-2-4-6-15)16(23)22-11-8-18(9-12-22)7-10-19-13-18;/h2-6,14,19H,7-13H2,1H3,(H2,20,21,24);1H. The Kier molecular flexibility index (Phi) is 6.67. The summed E-state index contributed by atoms with van der Waals surface area (Å²) in [5.41, 5.74) is 1.10. The van der Waals surface area contributed by atoms with E-state index in [2.05, 4.69) is 16.0 Å². The zero-order chi connectivity index (χ0) is 17.0. The number of anilines is 1. The van der Waals surface area contributed by atoms with Crippen molar-refractivity contribution in [2.75, 3.05) is 31.5 Å². The van der Waals surface area contributed by atoms with Gasteiger partial charge in [0.15, 0.2) is 0 Å². The number of carbonyl (C=O) groups excluding carboxylic acids is 2. The Morgan fingerprint density at radius 1 is 1.16 bits per heavy atom. The van der Waals surface area contributed by atoms with Crippen molar-refractivity contribution in [1.29, 1.82) is 0 Å². The van der Waals surface area contributed by atoms with Gasteiger partial charge >= 0.3 is 6.03 Å². The van der Waals surface area contributed by atoms with Gasteiger partial charge in [-0.05, 0) is 50.3 Å². The zero-order valence-electron chi connectivity index (χ0n) is 14.6. The van der Waals surface area contributed by atoms with Gasteiger partial charge in [0.2, 0.25) is 5.91 Å². The van der Waals surface area contributed by atoms with Gasteiger partial charge in [0.1, 0.15) is 6.04 Å². The molecular formula is C18H27ClN4O2. The van der Waals surface area contributed by atoms with Crippen LogP contribution >= 0.6 is 12.4 Å². The van der Waals surface area contributed by atoms with Gasteiger partial charge in [-0.3, -0.25) is 4.79 Å². The van der Waals surface area contributed by atoms with Crippen LogP contribution in [0.1, 0.15) is 26.2 Å². The van der Waals surface area contributed by atoms with E-state index in [9.17, 15) is 9.59 Å². The van der Waals surface area contributed by atoms with Crippen LogP contribution in [0.5, 0.6) is 0 Å². The maximum atomic E-state index is 12.6. The van der Waals surface area contributed by atoms with Crippen molar-refractivity contribution in [3.8, 4) is 0 Å². The Hall–Kier alpha value is -1.79. The van der Waals surface area contributed by atoms with Crippen LogP contribution < -0.4 is 16.0 Å². The number of hydrogen-bond donors (Lipinski definition) is 3. The molecule has 2 saturated heterocycles. The second kappa shape index (κ2) is 8.54. The molecule has 1 atom stereocenters. The third-order valence-corrected chi connectivity index (χ3v) is 5.22. The Balaban J connectivity index is 0.00000225. The summed E-state index contributed by atoms with van der Waals surface area (Å²) in [5, 5.41) is 8.90. The smallest absolute Gasteiger partial charge is 0.319 e. The van der Waals surface area contributed by atoms with Crippen LogP contribution in [0.2, 0.25) is 0 Å². The summed E-state index contributed by atoms with van der Waals surface area (Å²) in [6, 6.07) is 8.34. The summed E-state index contributed by atoms with van der Waals surface area (Å²) >= 11 is 0. The van der Waals surface area contributed by atoms with E-state index in [0.717, 1.165) is 39.0 Å². The molecule has 3 N–H and O–H groups in total. The number of benzene rings is 1. The lowest BCUT2D eigenvalue weighted by atomic mass is 9.78. The van der Waals surface area contributed by atoms with Crippen molar-refractivity contribution >= 4 is 30.0 Å². The predicted octanol–water partition coefficient (Wildman–Crippen LogP) is 2.22. The van der Waals surface area contributed by atoms with Crippen LogP contribution in [0.3, 0.4) is 0 Å². The van der Waals surface area contributed by atoms with Crippen molar-refractivity contribution in [2.24, 2.45) is 5.41 Å². The van der Waals surface area contributed by atoms with E-state index in [1.54, 1.807) is 6.92 Å². The molecule has 0 saturated carbocycles. The average Bonchev–Trinajstić information content (AvgIpc) is 3.04. The van der Waals surface area contributed by atoms with Crippen molar-refractivity contribution < 1.29 is 9.59 Å². The van der Waals surface area contributed by atoms with Gasteiger partial charge in [0.05, 0.1) is 0 Å². The molecule has 1 spiro atoms. The number of amides is 3. The van der Waals surface area contributed by atoms with Gasteiger partial charge in [0.25, 0.3) is 0 Å². The van der Waals surface area contributed by atoms with Crippen molar-refractivity contribution in [2.45, 2.75) is 32.2 Å². The fourth-order valence-electron chi connectivity index (χ4n) is 3.64. The van der Waals surface area contributed by atoms with Crippen LogP contribution in [-0.2, 0) is 4.79 Å². The maximum Gasteiger partial charge on any atom is 0.319 e. The first-order valence-corrected chi connectivity index (χ1v) is 8.70. The monoisotopic (exact) mass is 366 g/mol. The van der Waals surface area contributed by atoms with Crippen LogP contribution in [0.15, 0.2) is 30.3 Å². The number of para-hydroxylation sites is 1. The van der Waals surface area contributed by atoms with Crippen molar-refractivity contribution in [3.05, 3.63) is 30.3 Å². The van der Waals surface area contributed by atoms with Gasteiger partial charge < -0.3 is 20.9 Å². The number of nitrogens with one attached hydrogen (secondary N) is 3. The molecule has 3 rings (SSSR count). The number of halogens is 1. The van der Waals surface area contributed by atoms with Crippen LogP contribution in [-0.4, -0.2) is 49.1 Å². The van der Waals surface area contributed by atoms with Gasteiger partial charge in [-0.15, -0.1) is 12.4 Å². The molecule has 3 amide bonds. The molecule has 0 radical (unpaired) electrons. The molecule has 2 aliphatic rings. The van der Waals surface area contributed by atoms with Crippen LogP contribution in [0.25, 0.3) is 0 Å². The largest absolute Gasteiger partial charge is 0.341 e. The fourth-order valence-corrected chi connectivity index (χ4v) is 3.64. The minimum atomic E-state index is -0.524. The summed E-state index contributed by atoms with van der Waals surface area (Å²) < 4.78 is 0.